The number of rotatable bonds is 4. The van der Waals surface area contributed by atoms with Crippen LogP contribution < -0.4 is 9.47 Å². The smallest absolute Gasteiger partial charge is 0.120 e. The lowest BCUT2D eigenvalue weighted by Gasteiger charge is -2.29. The minimum absolute atomic E-state index is 0.481. The second kappa shape index (κ2) is 5.90. The summed E-state index contributed by atoms with van der Waals surface area (Å²) in [6, 6.07) is 15.6. The molecule has 3 heteroatoms. The van der Waals surface area contributed by atoms with Crippen molar-refractivity contribution in [2.75, 3.05) is 14.2 Å². The van der Waals surface area contributed by atoms with Gasteiger partial charge in [0.2, 0.25) is 0 Å². The maximum Gasteiger partial charge on any atom is 0.120 e. The number of nitrogens with zero attached hydrogens (tertiary/aromatic N) is 1. The van der Waals surface area contributed by atoms with E-state index in [1.807, 2.05) is 6.07 Å². The molecule has 0 bridgehead atoms. The number of hydrogen-bond donors (Lipinski definition) is 0. The normalized spacial score (nSPS) is 15.9. The van der Waals surface area contributed by atoms with Crippen molar-refractivity contribution in [3.8, 4) is 22.8 Å². The molecule has 124 valence electrons. The zero-order valence-electron chi connectivity index (χ0n) is 14.5. The van der Waals surface area contributed by atoms with E-state index >= 15 is 0 Å². The fraction of sp³-hybridized carbons (Fsp3) is 0.333. The summed E-state index contributed by atoms with van der Waals surface area (Å²) in [5, 5.41) is 1.27. The van der Waals surface area contributed by atoms with Gasteiger partial charge in [0.25, 0.3) is 0 Å². The molecule has 0 saturated carbocycles. The summed E-state index contributed by atoms with van der Waals surface area (Å²) in [4.78, 5) is 0. The van der Waals surface area contributed by atoms with Gasteiger partial charge in [-0.3, -0.25) is 0 Å². The summed E-state index contributed by atoms with van der Waals surface area (Å²) in [7, 11) is 3.46. The highest BCUT2D eigenvalue weighted by Gasteiger charge is 2.26. The van der Waals surface area contributed by atoms with Gasteiger partial charge in [-0.05, 0) is 54.8 Å². The molecule has 0 amide bonds. The van der Waals surface area contributed by atoms with Crippen LogP contribution in [0.25, 0.3) is 22.2 Å². The van der Waals surface area contributed by atoms with Crippen LogP contribution in [0.5, 0.6) is 11.5 Å². The maximum atomic E-state index is 5.45. The topological polar surface area (TPSA) is 23.4 Å². The summed E-state index contributed by atoms with van der Waals surface area (Å²) in [5.74, 6) is 1.86. The average Bonchev–Trinajstić information content (AvgIpc) is 3.00. The van der Waals surface area contributed by atoms with Crippen LogP contribution in [0.2, 0.25) is 0 Å². The quantitative estimate of drug-likeness (QED) is 0.657. The summed E-state index contributed by atoms with van der Waals surface area (Å²) >= 11 is 0. The van der Waals surface area contributed by atoms with Crippen molar-refractivity contribution in [3.63, 3.8) is 0 Å². The van der Waals surface area contributed by atoms with Crippen LogP contribution in [-0.2, 0) is 6.42 Å². The number of aromatic nitrogens is 1. The first-order valence-corrected chi connectivity index (χ1v) is 8.61. The molecule has 0 fully saturated rings. The first kappa shape index (κ1) is 15.1. The van der Waals surface area contributed by atoms with Gasteiger partial charge in [0.1, 0.15) is 11.5 Å². The molecule has 0 aliphatic carbocycles. The van der Waals surface area contributed by atoms with Gasteiger partial charge in [-0.1, -0.05) is 13.3 Å². The van der Waals surface area contributed by atoms with Gasteiger partial charge in [-0.25, -0.2) is 0 Å². The van der Waals surface area contributed by atoms with E-state index in [2.05, 4.69) is 47.9 Å². The lowest BCUT2D eigenvalue weighted by atomic mass is 9.91. The molecule has 1 aliphatic heterocycles. The Bertz CT molecular complexity index is 894. The van der Waals surface area contributed by atoms with Crippen LogP contribution in [0, 0.1) is 0 Å². The lowest BCUT2D eigenvalue weighted by molar-refractivity contribution is 0.411. The first-order chi connectivity index (χ1) is 11.7. The molecule has 0 saturated heterocycles. The molecule has 3 aromatic rings. The largest absolute Gasteiger partial charge is 0.497 e. The van der Waals surface area contributed by atoms with Crippen LogP contribution in [0.1, 0.15) is 31.4 Å². The minimum atomic E-state index is 0.481. The zero-order valence-corrected chi connectivity index (χ0v) is 14.5. The lowest BCUT2D eigenvalue weighted by Crippen LogP contribution is -2.18. The van der Waals surface area contributed by atoms with E-state index in [1.165, 1.54) is 40.6 Å². The fourth-order valence-corrected chi connectivity index (χ4v) is 3.95. The molecule has 1 unspecified atom stereocenters. The fourth-order valence-electron chi connectivity index (χ4n) is 3.95. The van der Waals surface area contributed by atoms with E-state index in [-0.39, 0.29) is 0 Å². The third kappa shape index (κ3) is 2.27. The van der Waals surface area contributed by atoms with E-state index in [0.29, 0.717) is 6.04 Å². The molecule has 4 rings (SSSR count). The van der Waals surface area contributed by atoms with Crippen LogP contribution >= 0.6 is 0 Å². The van der Waals surface area contributed by atoms with E-state index in [9.17, 15) is 0 Å². The van der Waals surface area contributed by atoms with E-state index in [1.54, 1.807) is 14.2 Å². The Morgan fingerprint density at radius 2 is 1.75 bits per heavy atom. The summed E-state index contributed by atoms with van der Waals surface area (Å²) < 4.78 is 13.4. The monoisotopic (exact) mass is 321 g/mol. The van der Waals surface area contributed by atoms with Gasteiger partial charge in [0.15, 0.2) is 0 Å². The molecule has 0 N–H and O–H groups in total. The van der Waals surface area contributed by atoms with Crippen molar-refractivity contribution >= 4 is 10.9 Å². The standard InChI is InChI=1S/C21H23NO2/c1-4-5-16-10-15-11-17(23-2)8-9-19(15)21-12-14-6-7-18(24-3)13-20(14)22(16)21/h6-9,11-13,16H,4-5,10H2,1-3H3. The minimum Gasteiger partial charge on any atom is -0.497 e. The Labute approximate surface area is 142 Å². The Hall–Kier alpha value is -2.42. The van der Waals surface area contributed by atoms with Gasteiger partial charge >= 0.3 is 0 Å². The molecular formula is C21H23NO2. The van der Waals surface area contributed by atoms with Gasteiger partial charge < -0.3 is 14.0 Å². The van der Waals surface area contributed by atoms with Crippen molar-refractivity contribution in [1.82, 2.24) is 4.57 Å². The number of fused-ring (bicyclic) bond motifs is 5. The highest BCUT2D eigenvalue weighted by Crippen LogP contribution is 2.42. The SMILES string of the molecule is CCCC1Cc2cc(OC)ccc2-c2cc3ccc(OC)cc3n21. The highest BCUT2D eigenvalue weighted by atomic mass is 16.5. The molecule has 0 spiro atoms. The summed E-state index contributed by atoms with van der Waals surface area (Å²) in [5.41, 5.74) is 5.28. The van der Waals surface area contributed by atoms with Crippen LogP contribution in [0.3, 0.4) is 0 Å². The summed E-state index contributed by atoms with van der Waals surface area (Å²) in [6.07, 6.45) is 3.39. The van der Waals surface area contributed by atoms with Crippen molar-refractivity contribution in [1.29, 1.82) is 0 Å². The number of hydrogen-bond acceptors (Lipinski definition) is 2. The van der Waals surface area contributed by atoms with E-state index in [4.69, 9.17) is 9.47 Å². The maximum absolute atomic E-state index is 5.45. The number of benzene rings is 2. The van der Waals surface area contributed by atoms with Crippen LogP contribution in [-0.4, -0.2) is 18.8 Å². The predicted molar refractivity (Wildman–Crippen MR) is 98.1 cm³/mol. The molecule has 2 aromatic carbocycles. The molecular weight excluding hydrogens is 298 g/mol. The highest BCUT2D eigenvalue weighted by molar-refractivity contribution is 5.89. The third-order valence-electron chi connectivity index (χ3n) is 5.08. The van der Waals surface area contributed by atoms with Gasteiger partial charge in [0.05, 0.1) is 19.7 Å². The second-order valence-electron chi connectivity index (χ2n) is 6.49. The first-order valence-electron chi connectivity index (χ1n) is 8.61. The van der Waals surface area contributed by atoms with Gasteiger partial charge in [-0.15, -0.1) is 0 Å². The van der Waals surface area contributed by atoms with E-state index in [0.717, 1.165) is 17.9 Å². The average molecular weight is 321 g/mol. The second-order valence-corrected chi connectivity index (χ2v) is 6.49. The Kier molecular flexibility index (Phi) is 3.72. The van der Waals surface area contributed by atoms with Crippen molar-refractivity contribution in [2.24, 2.45) is 0 Å². The Morgan fingerprint density at radius 3 is 2.50 bits per heavy atom. The molecule has 3 nitrogen and oxygen atoms in total. The Morgan fingerprint density at radius 1 is 1.00 bits per heavy atom. The van der Waals surface area contributed by atoms with Crippen molar-refractivity contribution < 1.29 is 9.47 Å². The molecule has 1 aromatic heterocycles. The van der Waals surface area contributed by atoms with Gasteiger partial charge in [0, 0.05) is 28.8 Å². The number of methoxy groups -OCH3 is 2. The van der Waals surface area contributed by atoms with E-state index < -0.39 is 0 Å². The molecule has 1 aliphatic rings. The zero-order chi connectivity index (χ0) is 16.7. The van der Waals surface area contributed by atoms with Crippen molar-refractivity contribution in [2.45, 2.75) is 32.2 Å². The molecule has 0 radical (unpaired) electrons. The van der Waals surface area contributed by atoms with Crippen LogP contribution in [0.15, 0.2) is 42.5 Å². The molecule has 1 atom stereocenters. The van der Waals surface area contributed by atoms with Crippen LogP contribution in [0.4, 0.5) is 0 Å². The molecule has 2 heterocycles. The Balaban J connectivity index is 1.96. The summed E-state index contributed by atoms with van der Waals surface area (Å²) in [6.45, 7) is 2.26. The molecule has 24 heavy (non-hydrogen) atoms. The van der Waals surface area contributed by atoms with Crippen molar-refractivity contribution in [3.05, 3.63) is 48.0 Å². The number of ether oxygens (including phenoxy) is 2. The third-order valence-corrected chi connectivity index (χ3v) is 5.08. The van der Waals surface area contributed by atoms with Gasteiger partial charge in [-0.2, -0.15) is 0 Å². The predicted octanol–water partition coefficient (Wildman–Crippen LogP) is 5.22.